The molecule has 2 aliphatic rings. The molecule has 128 valence electrons. The van der Waals surface area contributed by atoms with Crippen LogP contribution < -0.4 is 9.80 Å². The lowest BCUT2D eigenvalue weighted by molar-refractivity contribution is -0.124. The van der Waals surface area contributed by atoms with Gasteiger partial charge in [-0.05, 0) is 42.7 Å². The molecule has 1 atom stereocenters. The van der Waals surface area contributed by atoms with Crippen molar-refractivity contribution in [2.45, 2.75) is 19.3 Å². The Kier molecular flexibility index (Phi) is 4.22. The van der Waals surface area contributed by atoms with Crippen LogP contribution in [0.3, 0.4) is 0 Å². The second-order valence-corrected chi connectivity index (χ2v) is 7.04. The minimum atomic E-state index is -0.308. The van der Waals surface area contributed by atoms with Gasteiger partial charge in [-0.15, -0.1) is 0 Å². The Balaban J connectivity index is 1.56. The third-order valence-corrected chi connectivity index (χ3v) is 5.21. The number of halogens is 1. The third kappa shape index (κ3) is 3.02. The van der Waals surface area contributed by atoms with Crippen LogP contribution in [0.4, 0.5) is 11.4 Å². The van der Waals surface area contributed by atoms with Gasteiger partial charge >= 0.3 is 0 Å². The van der Waals surface area contributed by atoms with Gasteiger partial charge in [0.2, 0.25) is 11.8 Å². The van der Waals surface area contributed by atoms with Crippen LogP contribution in [0, 0.1) is 5.92 Å². The second kappa shape index (κ2) is 6.52. The van der Waals surface area contributed by atoms with E-state index in [9.17, 15) is 9.59 Å². The van der Waals surface area contributed by atoms with Crippen LogP contribution in [0.15, 0.2) is 48.5 Å². The monoisotopic (exact) mass is 354 g/mol. The van der Waals surface area contributed by atoms with Crippen molar-refractivity contribution in [1.29, 1.82) is 0 Å². The number of benzene rings is 2. The van der Waals surface area contributed by atoms with E-state index in [1.54, 1.807) is 17.0 Å². The quantitative estimate of drug-likeness (QED) is 0.825. The number of hydrogen-bond donors (Lipinski definition) is 0. The van der Waals surface area contributed by atoms with Crippen molar-refractivity contribution in [2.24, 2.45) is 5.92 Å². The molecule has 0 aromatic heterocycles. The summed E-state index contributed by atoms with van der Waals surface area (Å²) in [7, 11) is 0. The van der Waals surface area contributed by atoms with E-state index < -0.39 is 0 Å². The van der Waals surface area contributed by atoms with Gasteiger partial charge in [-0.25, -0.2) is 0 Å². The summed E-state index contributed by atoms with van der Waals surface area (Å²) < 4.78 is 0. The fraction of sp³-hybridized carbons (Fsp3) is 0.300. The summed E-state index contributed by atoms with van der Waals surface area (Å²) in [6.45, 7) is 1.13. The Morgan fingerprint density at radius 1 is 1.12 bits per heavy atom. The summed E-state index contributed by atoms with van der Waals surface area (Å²) in [4.78, 5) is 29.0. The minimum absolute atomic E-state index is 0.0223. The number of para-hydroxylation sites is 1. The van der Waals surface area contributed by atoms with Crippen molar-refractivity contribution < 1.29 is 9.59 Å². The van der Waals surface area contributed by atoms with Gasteiger partial charge in [0, 0.05) is 35.9 Å². The predicted molar refractivity (Wildman–Crippen MR) is 99.0 cm³/mol. The smallest absolute Gasteiger partial charge is 0.232 e. The molecule has 4 nitrogen and oxygen atoms in total. The maximum Gasteiger partial charge on any atom is 0.232 e. The number of fused-ring (bicyclic) bond motifs is 1. The molecule has 0 aliphatic carbocycles. The van der Waals surface area contributed by atoms with E-state index in [4.69, 9.17) is 11.6 Å². The fourth-order valence-corrected chi connectivity index (χ4v) is 3.93. The number of carbonyl (C=O) groups excluding carboxylic acids is 2. The van der Waals surface area contributed by atoms with Crippen LogP contribution in [-0.2, 0) is 16.0 Å². The van der Waals surface area contributed by atoms with Crippen LogP contribution in [0.25, 0.3) is 0 Å². The molecule has 2 heterocycles. The number of amides is 2. The van der Waals surface area contributed by atoms with Crippen LogP contribution in [-0.4, -0.2) is 24.9 Å². The Hall–Kier alpha value is -2.33. The largest absolute Gasteiger partial charge is 0.312 e. The molecule has 2 aromatic carbocycles. The summed E-state index contributed by atoms with van der Waals surface area (Å²) in [6, 6.07) is 15.3. The van der Waals surface area contributed by atoms with E-state index in [1.165, 1.54) is 5.56 Å². The zero-order valence-electron chi connectivity index (χ0n) is 13.8. The SMILES string of the molecule is O=C1CC(C(=O)N2CCCc3ccccc32)CN1c1cccc(Cl)c1. The highest BCUT2D eigenvalue weighted by molar-refractivity contribution is 6.31. The lowest BCUT2D eigenvalue weighted by atomic mass is 9.99. The van der Waals surface area contributed by atoms with E-state index in [-0.39, 0.29) is 24.2 Å². The highest BCUT2D eigenvalue weighted by Gasteiger charge is 2.38. The first kappa shape index (κ1) is 16.2. The van der Waals surface area contributed by atoms with Crippen LogP contribution in [0.2, 0.25) is 5.02 Å². The highest BCUT2D eigenvalue weighted by atomic mass is 35.5. The van der Waals surface area contributed by atoms with Crippen LogP contribution >= 0.6 is 11.6 Å². The summed E-state index contributed by atoms with van der Waals surface area (Å²) in [6.07, 6.45) is 2.21. The van der Waals surface area contributed by atoms with Gasteiger partial charge in [0.15, 0.2) is 0 Å². The Bertz CT molecular complexity index is 836. The zero-order chi connectivity index (χ0) is 17.4. The minimum Gasteiger partial charge on any atom is -0.312 e. The van der Waals surface area contributed by atoms with Gasteiger partial charge in [-0.3, -0.25) is 9.59 Å². The molecule has 2 aromatic rings. The molecule has 1 unspecified atom stereocenters. The van der Waals surface area contributed by atoms with Gasteiger partial charge in [0.05, 0.1) is 5.92 Å². The predicted octanol–water partition coefficient (Wildman–Crippen LogP) is 3.67. The first-order valence-electron chi connectivity index (χ1n) is 8.59. The number of anilines is 2. The summed E-state index contributed by atoms with van der Waals surface area (Å²) in [5.74, 6) is -0.284. The van der Waals surface area contributed by atoms with E-state index in [0.717, 1.165) is 30.8 Å². The van der Waals surface area contributed by atoms with E-state index in [1.807, 2.05) is 35.2 Å². The van der Waals surface area contributed by atoms with E-state index in [0.29, 0.717) is 11.6 Å². The molecule has 4 rings (SSSR count). The lowest BCUT2D eigenvalue weighted by Gasteiger charge is -2.31. The van der Waals surface area contributed by atoms with Crippen molar-refractivity contribution in [3.63, 3.8) is 0 Å². The summed E-state index contributed by atoms with van der Waals surface area (Å²) >= 11 is 6.03. The average molecular weight is 355 g/mol. The van der Waals surface area contributed by atoms with Crippen molar-refractivity contribution >= 4 is 34.8 Å². The Morgan fingerprint density at radius 3 is 2.80 bits per heavy atom. The Labute approximate surface area is 152 Å². The summed E-state index contributed by atoms with van der Waals surface area (Å²) in [5.41, 5.74) is 2.96. The molecular weight excluding hydrogens is 336 g/mol. The van der Waals surface area contributed by atoms with Crippen LogP contribution in [0.1, 0.15) is 18.4 Å². The van der Waals surface area contributed by atoms with Crippen LogP contribution in [0.5, 0.6) is 0 Å². The molecule has 25 heavy (non-hydrogen) atoms. The van der Waals surface area contributed by atoms with Gasteiger partial charge in [0.25, 0.3) is 0 Å². The number of rotatable bonds is 2. The van der Waals surface area contributed by atoms with Gasteiger partial charge < -0.3 is 9.80 Å². The van der Waals surface area contributed by atoms with E-state index in [2.05, 4.69) is 6.07 Å². The molecule has 1 fully saturated rings. The molecule has 0 saturated carbocycles. The fourth-order valence-electron chi connectivity index (χ4n) is 3.75. The average Bonchev–Trinajstić information content (AvgIpc) is 3.02. The highest BCUT2D eigenvalue weighted by Crippen LogP contribution is 2.32. The molecule has 0 bridgehead atoms. The zero-order valence-corrected chi connectivity index (χ0v) is 14.6. The number of aryl methyl sites for hydroxylation is 1. The molecule has 0 radical (unpaired) electrons. The topological polar surface area (TPSA) is 40.6 Å². The standard InChI is InChI=1S/C20H19ClN2O2/c21-16-7-3-8-17(12-16)23-13-15(11-19(23)24)20(25)22-10-4-6-14-5-1-2-9-18(14)22/h1-3,5,7-9,12,15H,4,6,10-11,13H2. The third-order valence-electron chi connectivity index (χ3n) is 4.97. The number of carbonyl (C=O) groups is 2. The molecular formula is C20H19ClN2O2. The Morgan fingerprint density at radius 2 is 1.96 bits per heavy atom. The molecule has 0 spiro atoms. The lowest BCUT2D eigenvalue weighted by Crippen LogP contribution is -2.40. The molecule has 2 amide bonds. The van der Waals surface area contributed by atoms with Gasteiger partial charge in [-0.1, -0.05) is 35.9 Å². The normalized spacial score (nSPS) is 19.9. The maximum atomic E-state index is 13.1. The van der Waals surface area contributed by atoms with E-state index >= 15 is 0 Å². The number of nitrogens with zero attached hydrogens (tertiary/aromatic N) is 2. The second-order valence-electron chi connectivity index (χ2n) is 6.61. The first-order chi connectivity index (χ1) is 12.1. The molecule has 1 saturated heterocycles. The molecule has 2 aliphatic heterocycles. The summed E-state index contributed by atoms with van der Waals surface area (Å²) in [5, 5.41) is 0.588. The molecule has 5 heteroatoms. The van der Waals surface area contributed by atoms with Crippen molar-refractivity contribution in [2.75, 3.05) is 22.9 Å². The van der Waals surface area contributed by atoms with Crippen molar-refractivity contribution in [3.05, 3.63) is 59.1 Å². The van der Waals surface area contributed by atoms with Gasteiger partial charge in [-0.2, -0.15) is 0 Å². The van der Waals surface area contributed by atoms with Crippen molar-refractivity contribution in [1.82, 2.24) is 0 Å². The van der Waals surface area contributed by atoms with Gasteiger partial charge in [0.1, 0.15) is 0 Å². The number of hydrogen-bond acceptors (Lipinski definition) is 2. The van der Waals surface area contributed by atoms with Crippen molar-refractivity contribution in [3.8, 4) is 0 Å². The molecule has 0 N–H and O–H groups in total. The first-order valence-corrected chi connectivity index (χ1v) is 8.96. The maximum absolute atomic E-state index is 13.1.